The highest BCUT2D eigenvalue weighted by molar-refractivity contribution is 5.94. The molecule has 3 rings (SSSR count). The van der Waals surface area contributed by atoms with Gasteiger partial charge in [0, 0.05) is 25.1 Å². The van der Waals surface area contributed by atoms with E-state index in [1.54, 1.807) is 16.8 Å². The van der Waals surface area contributed by atoms with E-state index in [1.807, 2.05) is 44.3 Å². The number of aromatic nitrogens is 3. The van der Waals surface area contributed by atoms with Crippen LogP contribution < -0.4 is 10.1 Å². The summed E-state index contributed by atoms with van der Waals surface area (Å²) >= 11 is 0. The smallest absolute Gasteiger partial charge is 0.270 e. The molecule has 0 unspecified atom stereocenters. The second kappa shape index (κ2) is 6.48. The number of fused-ring (bicyclic) bond motifs is 1. The molecule has 3 heterocycles. The fraction of sp³-hybridized carbons (Fsp3) is 0.235. The van der Waals surface area contributed by atoms with Crippen molar-refractivity contribution >= 4 is 11.6 Å². The predicted octanol–water partition coefficient (Wildman–Crippen LogP) is 2.37. The molecule has 6 heteroatoms. The van der Waals surface area contributed by atoms with Gasteiger partial charge in [-0.1, -0.05) is 0 Å². The van der Waals surface area contributed by atoms with E-state index in [4.69, 9.17) is 4.74 Å². The molecule has 0 saturated heterocycles. The van der Waals surface area contributed by atoms with Crippen molar-refractivity contribution in [2.75, 3.05) is 6.61 Å². The van der Waals surface area contributed by atoms with Crippen LogP contribution in [0.4, 0.5) is 0 Å². The van der Waals surface area contributed by atoms with Crippen molar-refractivity contribution in [3.63, 3.8) is 0 Å². The number of carbonyl (C=O) groups is 1. The zero-order valence-corrected chi connectivity index (χ0v) is 13.1. The lowest BCUT2D eigenvalue weighted by molar-refractivity contribution is 0.0944. The summed E-state index contributed by atoms with van der Waals surface area (Å²) < 4.78 is 7.34. The summed E-state index contributed by atoms with van der Waals surface area (Å²) in [5.41, 5.74) is 2.84. The Bertz CT molecular complexity index is 827. The number of imidazole rings is 1. The van der Waals surface area contributed by atoms with E-state index in [1.165, 1.54) is 0 Å². The van der Waals surface area contributed by atoms with Gasteiger partial charge in [0.05, 0.1) is 12.3 Å². The Hall–Kier alpha value is -2.89. The molecular weight excluding hydrogens is 292 g/mol. The highest BCUT2D eigenvalue weighted by Crippen LogP contribution is 2.22. The molecule has 0 spiro atoms. The number of aryl methyl sites for hydroxylation is 1. The zero-order chi connectivity index (χ0) is 16.2. The largest absolute Gasteiger partial charge is 0.490 e. The highest BCUT2D eigenvalue weighted by Gasteiger charge is 2.18. The van der Waals surface area contributed by atoms with E-state index < -0.39 is 0 Å². The minimum atomic E-state index is -0.166. The third-order valence-electron chi connectivity index (χ3n) is 3.51. The van der Waals surface area contributed by atoms with Crippen LogP contribution in [0.3, 0.4) is 0 Å². The van der Waals surface area contributed by atoms with Crippen LogP contribution in [-0.4, -0.2) is 26.9 Å². The molecule has 1 N–H and O–H groups in total. The molecule has 118 valence electrons. The number of hydrogen-bond donors (Lipinski definition) is 1. The van der Waals surface area contributed by atoms with E-state index in [2.05, 4.69) is 15.3 Å². The molecule has 0 saturated carbocycles. The van der Waals surface area contributed by atoms with Crippen molar-refractivity contribution in [3.05, 3.63) is 59.8 Å². The third kappa shape index (κ3) is 3.01. The fourth-order valence-electron chi connectivity index (χ4n) is 2.46. The van der Waals surface area contributed by atoms with Gasteiger partial charge in [0.2, 0.25) is 0 Å². The predicted molar refractivity (Wildman–Crippen MR) is 86.5 cm³/mol. The summed E-state index contributed by atoms with van der Waals surface area (Å²) in [6.07, 6.45) is 5.23. The maximum Gasteiger partial charge on any atom is 0.270 e. The van der Waals surface area contributed by atoms with Crippen LogP contribution >= 0.6 is 0 Å². The van der Waals surface area contributed by atoms with Crippen LogP contribution in [0.25, 0.3) is 5.65 Å². The number of rotatable bonds is 5. The van der Waals surface area contributed by atoms with Crippen LogP contribution in [0, 0.1) is 6.92 Å². The van der Waals surface area contributed by atoms with Gasteiger partial charge in [-0.3, -0.25) is 14.2 Å². The summed E-state index contributed by atoms with van der Waals surface area (Å²) in [5, 5.41) is 2.92. The first-order chi connectivity index (χ1) is 11.2. The molecule has 3 aromatic rings. The molecule has 23 heavy (non-hydrogen) atoms. The van der Waals surface area contributed by atoms with Crippen molar-refractivity contribution in [1.29, 1.82) is 0 Å². The molecule has 1 amide bonds. The Labute approximate surface area is 134 Å². The molecule has 0 fully saturated rings. The molecule has 3 aromatic heterocycles. The van der Waals surface area contributed by atoms with Crippen LogP contribution in [0.2, 0.25) is 0 Å². The summed E-state index contributed by atoms with van der Waals surface area (Å²) in [4.78, 5) is 21.0. The number of nitrogens with zero attached hydrogens (tertiary/aromatic N) is 3. The Morgan fingerprint density at radius 2 is 2.09 bits per heavy atom. The molecule has 0 atom stereocenters. The second-order valence-electron chi connectivity index (χ2n) is 5.08. The lowest BCUT2D eigenvalue weighted by atomic mass is 10.2. The topological polar surface area (TPSA) is 68.5 Å². The van der Waals surface area contributed by atoms with Crippen LogP contribution in [-0.2, 0) is 6.54 Å². The van der Waals surface area contributed by atoms with Crippen LogP contribution in [0.1, 0.15) is 28.7 Å². The average molecular weight is 310 g/mol. The van der Waals surface area contributed by atoms with Crippen molar-refractivity contribution in [3.8, 4) is 5.75 Å². The monoisotopic (exact) mass is 310 g/mol. The summed E-state index contributed by atoms with van der Waals surface area (Å²) in [5.74, 6) is 0.506. The SMILES string of the molecule is CCOc1cccn2c(C(=O)NCc3ccncc3)c(C)nc12. The van der Waals surface area contributed by atoms with E-state index in [0.717, 1.165) is 5.56 Å². The van der Waals surface area contributed by atoms with Crippen molar-refractivity contribution in [2.45, 2.75) is 20.4 Å². The van der Waals surface area contributed by atoms with Crippen molar-refractivity contribution in [2.24, 2.45) is 0 Å². The van der Waals surface area contributed by atoms with Gasteiger partial charge in [-0.25, -0.2) is 4.98 Å². The number of hydrogen-bond acceptors (Lipinski definition) is 4. The van der Waals surface area contributed by atoms with Gasteiger partial charge >= 0.3 is 0 Å². The molecule has 0 aliphatic heterocycles. The second-order valence-corrected chi connectivity index (χ2v) is 5.08. The molecule has 0 aromatic carbocycles. The Balaban J connectivity index is 1.88. The Morgan fingerprint density at radius 1 is 1.30 bits per heavy atom. The highest BCUT2D eigenvalue weighted by atomic mass is 16.5. The normalized spacial score (nSPS) is 10.7. The summed E-state index contributed by atoms with van der Waals surface area (Å²) in [6.45, 7) is 4.74. The van der Waals surface area contributed by atoms with Gasteiger partial charge in [-0.05, 0) is 43.7 Å². The van der Waals surface area contributed by atoms with E-state index >= 15 is 0 Å². The maximum absolute atomic E-state index is 12.6. The molecule has 6 nitrogen and oxygen atoms in total. The van der Waals surface area contributed by atoms with Crippen molar-refractivity contribution < 1.29 is 9.53 Å². The molecule has 0 aliphatic rings. The fourth-order valence-corrected chi connectivity index (χ4v) is 2.46. The van der Waals surface area contributed by atoms with Crippen LogP contribution in [0.15, 0.2) is 42.9 Å². The number of pyridine rings is 2. The first-order valence-corrected chi connectivity index (χ1v) is 7.48. The molecule has 0 aliphatic carbocycles. The Kier molecular flexibility index (Phi) is 4.23. The van der Waals surface area contributed by atoms with Gasteiger partial charge in [0.25, 0.3) is 5.91 Å². The maximum atomic E-state index is 12.6. The van der Waals surface area contributed by atoms with Crippen molar-refractivity contribution in [1.82, 2.24) is 19.7 Å². The number of amides is 1. The molecule has 0 bridgehead atoms. The Morgan fingerprint density at radius 3 is 2.83 bits per heavy atom. The number of carbonyl (C=O) groups excluding carboxylic acids is 1. The van der Waals surface area contributed by atoms with Gasteiger partial charge in [-0.2, -0.15) is 0 Å². The van der Waals surface area contributed by atoms with E-state index in [9.17, 15) is 4.79 Å². The quantitative estimate of drug-likeness (QED) is 0.785. The molecular formula is C17H18N4O2. The third-order valence-corrected chi connectivity index (χ3v) is 3.51. The van der Waals surface area contributed by atoms with E-state index in [-0.39, 0.29) is 5.91 Å². The minimum Gasteiger partial charge on any atom is -0.490 e. The average Bonchev–Trinajstić information content (AvgIpc) is 2.91. The summed E-state index contributed by atoms with van der Waals surface area (Å²) in [6, 6.07) is 7.44. The lowest BCUT2D eigenvalue weighted by Gasteiger charge is -2.07. The van der Waals surface area contributed by atoms with Gasteiger partial charge in [0.15, 0.2) is 11.4 Å². The first kappa shape index (κ1) is 15.0. The number of ether oxygens (including phenoxy) is 1. The molecule has 0 radical (unpaired) electrons. The lowest BCUT2D eigenvalue weighted by Crippen LogP contribution is -2.25. The van der Waals surface area contributed by atoms with Gasteiger partial charge in [-0.15, -0.1) is 0 Å². The van der Waals surface area contributed by atoms with Crippen LogP contribution in [0.5, 0.6) is 5.75 Å². The van der Waals surface area contributed by atoms with E-state index in [0.29, 0.717) is 35.9 Å². The minimum absolute atomic E-state index is 0.166. The summed E-state index contributed by atoms with van der Waals surface area (Å²) in [7, 11) is 0. The van der Waals surface area contributed by atoms with Gasteiger partial charge in [0.1, 0.15) is 5.69 Å². The standard InChI is InChI=1S/C17H18N4O2/c1-3-23-14-5-4-10-21-15(12(2)20-16(14)21)17(22)19-11-13-6-8-18-9-7-13/h4-10H,3,11H2,1-2H3,(H,19,22). The van der Waals surface area contributed by atoms with Gasteiger partial charge < -0.3 is 10.1 Å². The zero-order valence-electron chi connectivity index (χ0n) is 13.1. The number of nitrogens with one attached hydrogen (secondary N) is 1. The first-order valence-electron chi connectivity index (χ1n) is 7.48.